The molecule has 9 nitrogen and oxygen atoms in total. The van der Waals surface area contributed by atoms with Crippen LogP contribution in [0.25, 0.3) is 0 Å². The molecule has 0 saturated heterocycles. The second-order valence-electron chi connectivity index (χ2n) is 6.85. The summed E-state index contributed by atoms with van der Waals surface area (Å²) in [5.74, 6) is -1.39. The number of carbonyl (C=O) groups is 1. The molecule has 3 rings (SSSR count). The molecule has 11 heteroatoms. The van der Waals surface area contributed by atoms with Crippen molar-refractivity contribution in [3.05, 3.63) is 35.5 Å². The number of anilines is 4. The summed E-state index contributed by atoms with van der Waals surface area (Å²) < 4.78 is 28.5. The lowest BCUT2D eigenvalue weighted by atomic mass is 9.90. The van der Waals surface area contributed by atoms with Crippen molar-refractivity contribution in [2.45, 2.75) is 37.8 Å². The quantitative estimate of drug-likeness (QED) is 0.483. The van der Waals surface area contributed by atoms with Crippen molar-refractivity contribution in [1.29, 1.82) is 5.26 Å². The van der Waals surface area contributed by atoms with E-state index in [0.717, 1.165) is 18.9 Å². The lowest BCUT2D eigenvalue weighted by Crippen LogP contribution is -2.48. The molecule has 1 aliphatic carbocycles. The van der Waals surface area contributed by atoms with Crippen LogP contribution in [-0.2, 0) is 0 Å². The van der Waals surface area contributed by atoms with Crippen LogP contribution >= 0.6 is 0 Å². The molecular weight excluding hydrogens is 396 g/mol. The molecule has 30 heavy (non-hydrogen) atoms. The van der Waals surface area contributed by atoms with Crippen molar-refractivity contribution >= 4 is 29.2 Å². The Hall–Kier alpha value is -3.68. The van der Waals surface area contributed by atoms with Gasteiger partial charge in [-0.05, 0) is 18.9 Å². The Labute approximate surface area is 171 Å². The first kappa shape index (κ1) is 21.0. The number of nitriles is 1. The molecule has 0 aliphatic heterocycles. The molecule has 5 N–H and O–H groups in total. The molecule has 0 spiro atoms. The molecule has 0 aromatic carbocycles. The van der Waals surface area contributed by atoms with E-state index in [2.05, 4.69) is 31.2 Å². The Morgan fingerprint density at radius 1 is 1.17 bits per heavy atom. The molecule has 1 amide bonds. The molecule has 0 bridgehead atoms. The monoisotopic (exact) mass is 417 g/mol. The van der Waals surface area contributed by atoms with Crippen LogP contribution in [0, 0.1) is 23.0 Å². The van der Waals surface area contributed by atoms with Crippen LogP contribution in [-0.4, -0.2) is 40.3 Å². The molecule has 1 fully saturated rings. The highest BCUT2D eigenvalue weighted by Gasteiger charge is 2.28. The molecule has 2 atom stereocenters. The van der Waals surface area contributed by atoms with Gasteiger partial charge in [0.05, 0.1) is 23.5 Å². The fourth-order valence-electron chi connectivity index (χ4n) is 3.41. The summed E-state index contributed by atoms with van der Waals surface area (Å²) in [7, 11) is 1.53. The van der Waals surface area contributed by atoms with Gasteiger partial charge in [0.1, 0.15) is 6.07 Å². The molecule has 0 radical (unpaired) electrons. The summed E-state index contributed by atoms with van der Waals surface area (Å²) in [5.41, 5.74) is 0.163. The second-order valence-corrected chi connectivity index (χ2v) is 6.85. The van der Waals surface area contributed by atoms with Gasteiger partial charge in [-0.25, -0.2) is 23.5 Å². The van der Waals surface area contributed by atoms with E-state index < -0.39 is 23.8 Å². The van der Waals surface area contributed by atoms with E-state index in [-0.39, 0.29) is 34.7 Å². The van der Waals surface area contributed by atoms with Crippen molar-refractivity contribution in [2.24, 2.45) is 0 Å². The fraction of sp³-hybridized carbons (Fsp3) is 0.368. The van der Waals surface area contributed by atoms with Crippen molar-refractivity contribution in [3.8, 4) is 6.07 Å². The normalized spacial score (nSPS) is 18.2. The maximum atomic E-state index is 14.5. The van der Waals surface area contributed by atoms with E-state index in [1.165, 1.54) is 19.3 Å². The lowest BCUT2D eigenvalue weighted by molar-refractivity contribution is 0.184. The summed E-state index contributed by atoms with van der Waals surface area (Å²) in [6.45, 7) is 0. The summed E-state index contributed by atoms with van der Waals surface area (Å²) in [4.78, 5) is 19.1. The van der Waals surface area contributed by atoms with Crippen LogP contribution in [0.15, 0.2) is 18.3 Å². The minimum absolute atomic E-state index is 0.0263. The smallest absolute Gasteiger partial charge is 0.404 e. The van der Waals surface area contributed by atoms with E-state index in [1.807, 2.05) is 6.07 Å². The van der Waals surface area contributed by atoms with Crippen LogP contribution in [0.3, 0.4) is 0 Å². The van der Waals surface area contributed by atoms with E-state index >= 15 is 0 Å². The van der Waals surface area contributed by atoms with E-state index in [1.54, 1.807) is 0 Å². The van der Waals surface area contributed by atoms with Gasteiger partial charge < -0.3 is 26.4 Å². The number of nitrogens with one attached hydrogen (secondary N) is 4. The van der Waals surface area contributed by atoms with E-state index in [4.69, 9.17) is 5.11 Å². The van der Waals surface area contributed by atoms with Crippen molar-refractivity contribution in [3.63, 3.8) is 0 Å². The predicted octanol–water partition coefficient (Wildman–Crippen LogP) is 3.40. The topological polar surface area (TPSA) is 135 Å². The van der Waals surface area contributed by atoms with Gasteiger partial charge in [-0.1, -0.05) is 12.8 Å². The molecule has 2 aromatic heterocycles. The number of amides is 1. The first-order valence-electron chi connectivity index (χ1n) is 9.38. The summed E-state index contributed by atoms with van der Waals surface area (Å²) in [5, 5.41) is 29.1. The van der Waals surface area contributed by atoms with Gasteiger partial charge in [-0.2, -0.15) is 5.26 Å². The fourth-order valence-corrected chi connectivity index (χ4v) is 3.41. The highest BCUT2D eigenvalue weighted by Crippen LogP contribution is 2.27. The van der Waals surface area contributed by atoms with Crippen LogP contribution in [0.2, 0.25) is 0 Å². The van der Waals surface area contributed by atoms with Gasteiger partial charge in [0.15, 0.2) is 29.1 Å². The molecule has 2 aromatic rings. The number of hydrogen-bond donors (Lipinski definition) is 5. The van der Waals surface area contributed by atoms with Crippen molar-refractivity contribution in [1.82, 2.24) is 15.3 Å². The molecule has 1 saturated carbocycles. The van der Waals surface area contributed by atoms with E-state index in [9.17, 15) is 18.8 Å². The Balaban J connectivity index is 1.86. The average Bonchev–Trinajstić information content (AvgIpc) is 2.71. The SMILES string of the molecule is CNc1ncc(Nc2nc(N[C@@H]3CCCC[C@@H]3NC(=O)O)c(F)cc2C#N)cc1F. The second kappa shape index (κ2) is 9.21. The van der Waals surface area contributed by atoms with E-state index in [0.29, 0.717) is 12.8 Å². The van der Waals surface area contributed by atoms with Crippen molar-refractivity contribution < 1.29 is 18.7 Å². The van der Waals surface area contributed by atoms with Gasteiger partial charge in [-0.3, -0.25) is 0 Å². The van der Waals surface area contributed by atoms with Crippen molar-refractivity contribution in [2.75, 3.05) is 23.0 Å². The molecule has 1 aliphatic rings. The molecule has 158 valence electrons. The minimum Gasteiger partial charge on any atom is -0.465 e. The van der Waals surface area contributed by atoms with Crippen LogP contribution in [0.4, 0.5) is 36.7 Å². The predicted molar refractivity (Wildman–Crippen MR) is 107 cm³/mol. The van der Waals surface area contributed by atoms with Gasteiger partial charge in [0, 0.05) is 19.2 Å². The Bertz CT molecular complexity index is 980. The number of rotatable bonds is 6. The van der Waals surface area contributed by atoms with Gasteiger partial charge >= 0.3 is 6.09 Å². The Morgan fingerprint density at radius 3 is 2.50 bits per heavy atom. The molecule has 2 heterocycles. The number of hydrogen-bond acceptors (Lipinski definition) is 7. The number of aromatic nitrogens is 2. The third kappa shape index (κ3) is 4.83. The number of nitrogens with zero attached hydrogens (tertiary/aromatic N) is 3. The third-order valence-electron chi connectivity index (χ3n) is 4.83. The number of pyridine rings is 2. The average molecular weight is 417 g/mol. The van der Waals surface area contributed by atoms with Crippen LogP contribution < -0.4 is 21.3 Å². The molecular formula is C19H21F2N7O2. The molecule has 0 unspecified atom stereocenters. The summed E-state index contributed by atoms with van der Waals surface area (Å²) in [6.07, 6.45) is 3.18. The lowest BCUT2D eigenvalue weighted by Gasteiger charge is -2.32. The van der Waals surface area contributed by atoms with Crippen LogP contribution in [0.5, 0.6) is 0 Å². The largest absolute Gasteiger partial charge is 0.465 e. The Kier molecular flexibility index (Phi) is 6.46. The maximum absolute atomic E-state index is 14.5. The van der Waals surface area contributed by atoms with Gasteiger partial charge in [0.25, 0.3) is 0 Å². The Morgan fingerprint density at radius 2 is 1.87 bits per heavy atom. The number of carboxylic acid groups (broad SMARTS) is 1. The first-order chi connectivity index (χ1) is 14.4. The zero-order valence-corrected chi connectivity index (χ0v) is 16.2. The first-order valence-corrected chi connectivity index (χ1v) is 9.38. The van der Waals surface area contributed by atoms with Gasteiger partial charge in [-0.15, -0.1) is 0 Å². The highest BCUT2D eigenvalue weighted by molar-refractivity contribution is 5.66. The van der Waals surface area contributed by atoms with Crippen LogP contribution in [0.1, 0.15) is 31.2 Å². The zero-order chi connectivity index (χ0) is 21.7. The third-order valence-corrected chi connectivity index (χ3v) is 4.83. The standard InChI is InChI=1S/C19H21F2N7O2/c1-23-17-13(21)7-11(9-24-17)25-16-10(8-22)6-12(20)18(28-16)26-14-4-2-3-5-15(14)27-19(29)30/h6-7,9,14-15,27H,2-5H2,1H3,(H,23,24)(H,29,30)(H2,25,26,28)/t14-,15+/m1/s1. The zero-order valence-electron chi connectivity index (χ0n) is 16.2. The maximum Gasteiger partial charge on any atom is 0.404 e. The van der Waals surface area contributed by atoms with Gasteiger partial charge in [0.2, 0.25) is 0 Å². The summed E-state index contributed by atoms with van der Waals surface area (Å²) in [6, 6.07) is 3.30. The summed E-state index contributed by atoms with van der Waals surface area (Å²) >= 11 is 0. The highest BCUT2D eigenvalue weighted by atomic mass is 19.1. The number of halogens is 2. The minimum atomic E-state index is -1.15.